The highest BCUT2D eigenvalue weighted by molar-refractivity contribution is 9.10. The van der Waals surface area contributed by atoms with Crippen LogP contribution >= 0.6 is 15.9 Å². The summed E-state index contributed by atoms with van der Waals surface area (Å²) in [4.78, 5) is 10.8. The first-order chi connectivity index (χ1) is 9.16. The number of carboxylic acid groups (broad SMARTS) is 1. The molecule has 6 heteroatoms. The average Bonchev–Trinajstić information content (AvgIpc) is 2.41. The highest BCUT2D eigenvalue weighted by Crippen LogP contribution is 2.18. The van der Waals surface area contributed by atoms with Crippen LogP contribution in [-0.4, -0.2) is 21.3 Å². The van der Waals surface area contributed by atoms with E-state index in [0.29, 0.717) is 13.1 Å². The smallest absolute Gasteiger partial charge is 0.335 e. The minimum absolute atomic E-state index is 0.268. The molecular formula is C13H12BrN3O2. The summed E-state index contributed by atoms with van der Waals surface area (Å²) in [7, 11) is 0. The molecule has 2 rings (SSSR count). The number of hydrogen-bond acceptors (Lipinski definition) is 4. The first-order valence-electron chi connectivity index (χ1n) is 5.66. The second kappa shape index (κ2) is 6.40. The van der Waals surface area contributed by atoms with Gasteiger partial charge in [0.1, 0.15) is 0 Å². The molecule has 1 aromatic heterocycles. The van der Waals surface area contributed by atoms with Crippen molar-refractivity contribution in [1.29, 1.82) is 0 Å². The summed E-state index contributed by atoms with van der Waals surface area (Å²) < 4.78 is 0.777. The first-order valence-corrected chi connectivity index (χ1v) is 6.45. The molecule has 1 aromatic carbocycles. The minimum Gasteiger partial charge on any atom is -0.478 e. The van der Waals surface area contributed by atoms with E-state index in [0.717, 1.165) is 15.7 Å². The molecule has 0 unspecified atom stereocenters. The van der Waals surface area contributed by atoms with Gasteiger partial charge in [-0.2, -0.15) is 10.2 Å². The summed E-state index contributed by atoms with van der Waals surface area (Å²) in [6, 6.07) is 8.70. The Morgan fingerprint density at radius 1 is 1.32 bits per heavy atom. The summed E-state index contributed by atoms with van der Waals surface area (Å²) in [5.74, 6) is -0.931. The van der Waals surface area contributed by atoms with Crippen LogP contribution in [0.3, 0.4) is 0 Å². The zero-order chi connectivity index (χ0) is 13.7. The molecule has 1 heterocycles. The van der Waals surface area contributed by atoms with Crippen LogP contribution < -0.4 is 5.32 Å². The topological polar surface area (TPSA) is 75.1 Å². The van der Waals surface area contributed by atoms with E-state index in [9.17, 15) is 4.79 Å². The van der Waals surface area contributed by atoms with Crippen molar-refractivity contribution in [3.05, 3.63) is 57.8 Å². The molecule has 2 aromatic rings. The van der Waals surface area contributed by atoms with Gasteiger partial charge < -0.3 is 10.4 Å². The molecule has 0 bridgehead atoms. The SMILES string of the molecule is O=C(O)c1ccc(CNCc2cccnn2)c(Br)c1. The quantitative estimate of drug-likeness (QED) is 0.883. The Bertz CT molecular complexity index is 575. The van der Waals surface area contributed by atoms with Crippen molar-refractivity contribution < 1.29 is 9.90 Å². The van der Waals surface area contributed by atoms with Gasteiger partial charge in [0.05, 0.1) is 11.3 Å². The van der Waals surface area contributed by atoms with Crippen molar-refractivity contribution in [2.75, 3.05) is 0 Å². The Labute approximate surface area is 118 Å². The molecule has 5 nitrogen and oxygen atoms in total. The number of benzene rings is 1. The van der Waals surface area contributed by atoms with E-state index in [1.807, 2.05) is 12.1 Å². The number of hydrogen-bond donors (Lipinski definition) is 2. The van der Waals surface area contributed by atoms with Crippen LogP contribution in [0.2, 0.25) is 0 Å². The number of aromatic nitrogens is 2. The van der Waals surface area contributed by atoms with Gasteiger partial charge in [-0.1, -0.05) is 22.0 Å². The average molecular weight is 322 g/mol. The van der Waals surface area contributed by atoms with Crippen molar-refractivity contribution in [3.63, 3.8) is 0 Å². The summed E-state index contributed by atoms with van der Waals surface area (Å²) in [6.07, 6.45) is 1.63. The van der Waals surface area contributed by atoms with Gasteiger partial charge >= 0.3 is 5.97 Å². The molecule has 0 spiro atoms. The second-order valence-corrected chi connectivity index (χ2v) is 4.78. The van der Waals surface area contributed by atoms with Crippen molar-refractivity contribution in [1.82, 2.24) is 15.5 Å². The Morgan fingerprint density at radius 2 is 2.16 bits per heavy atom. The van der Waals surface area contributed by atoms with E-state index >= 15 is 0 Å². The third-order valence-corrected chi connectivity index (χ3v) is 3.29. The predicted molar refractivity (Wildman–Crippen MR) is 73.7 cm³/mol. The van der Waals surface area contributed by atoms with Gasteiger partial charge in [-0.25, -0.2) is 4.79 Å². The molecule has 0 amide bonds. The summed E-state index contributed by atoms with van der Waals surface area (Å²) in [6.45, 7) is 1.23. The molecule has 0 fully saturated rings. The number of carboxylic acids is 1. The van der Waals surface area contributed by atoms with Gasteiger partial charge in [-0.05, 0) is 29.8 Å². The monoisotopic (exact) mass is 321 g/mol. The Balaban J connectivity index is 1.95. The predicted octanol–water partition coefficient (Wildman–Crippen LogP) is 2.23. The van der Waals surface area contributed by atoms with Gasteiger partial charge in [0.2, 0.25) is 0 Å². The molecule has 0 aliphatic carbocycles. The molecular weight excluding hydrogens is 310 g/mol. The maximum Gasteiger partial charge on any atom is 0.335 e. The van der Waals surface area contributed by atoms with Gasteiger partial charge in [0.25, 0.3) is 0 Å². The van der Waals surface area contributed by atoms with Crippen LogP contribution in [0.4, 0.5) is 0 Å². The molecule has 0 aliphatic rings. The highest BCUT2D eigenvalue weighted by atomic mass is 79.9. The number of rotatable bonds is 5. The zero-order valence-electron chi connectivity index (χ0n) is 10.0. The maximum absolute atomic E-state index is 10.8. The fourth-order valence-electron chi connectivity index (χ4n) is 1.58. The fraction of sp³-hybridized carbons (Fsp3) is 0.154. The summed E-state index contributed by atoms with van der Waals surface area (Å²) in [5, 5.41) is 19.9. The third kappa shape index (κ3) is 3.84. The van der Waals surface area contributed by atoms with E-state index in [-0.39, 0.29) is 5.56 Å². The lowest BCUT2D eigenvalue weighted by atomic mass is 10.1. The van der Waals surface area contributed by atoms with E-state index in [2.05, 4.69) is 31.4 Å². The van der Waals surface area contributed by atoms with Crippen molar-refractivity contribution in [3.8, 4) is 0 Å². The Hall–Kier alpha value is -1.79. The number of nitrogens with zero attached hydrogens (tertiary/aromatic N) is 2. The number of nitrogens with one attached hydrogen (secondary N) is 1. The second-order valence-electron chi connectivity index (χ2n) is 3.93. The number of carbonyl (C=O) groups is 1. The van der Waals surface area contributed by atoms with Crippen LogP contribution in [0.25, 0.3) is 0 Å². The third-order valence-electron chi connectivity index (χ3n) is 2.55. The molecule has 0 atom stereocenters. The lowest BCUT2D eigenvalue weighted by Crippen LogP contribution is -2.14. The normalized spacial score (nSPS) is 10.4. The fourth-order valence-corrected chi connectivity index (χ4v) is 2.10. The summed E-state index contributed by atoms with van der Waals surface area (Å²) in [5.41, 5.74) is 2.12. The van der Waals surface area contributed by atoms with Crippen LogP contribution in [-0.2, 0) is 13.1 Å². The van der Waals surface area contributed by atoms with Gasteiger partial charge in [-0.15, -0.1) is 0 Å². The first kappa shape index (κ1) is 13.6. The molecule has 19 heavy (non-hydrogen) atoms. The standard InChI is InChI=1S/C13H12BrN3O2/c14-12-6-9(13(18)19)3-4-10(12)7-15-8-11-2-1-5-16-17-11/h1-6,15H,7-8H2,(H,18,19). The largest absolute Gasteiger partial charge is 0.478 e. The van der Waals surface area contributed by atoms with Gasteiger partial charge in [-0.3, -0.25) is 0 Å². The summed E-state index contributed by atoms with van der Waals surface area (Å²) >= 11 is 3.37. The molecule has 0 saturated heterocycles. The zero-order valence-corrected chi connectivity index (χ0v) is 11.6. The minimum atomic E-state index is -0.931. The van der Waals surface area contributed by atoms with Gasteiger partial charge in [0, 0.05) is 23.8 Å². The van der Waals surface area contributed by atoms with Crippen molar-refractivity contribution >= 4 is 21.9 Å². The number of halogens is 1. The van der Waals surface area contributed by atoms with E-state index in [1.54, 1.807) is 24.4 Å². The lowest BCUT2D eigenvalue weighted by molar-refractivity contribution is 0.0697. The molecule has 0 aliphatic heterocycles. The van der Waals surface area contributed by atoms with E-state index in [4.69, 9.17) is 5.11 Å². The van der Waals surface area contributed by atoms with Crippen LogP contribution in [0.1, 0.15) is 21.6 Å². The van der Waals surface area contributed by atoms with E-state index in [1.165, 1.54) is 0 Å². The van der Waals surface area contributed by atoms with Crippen LogP contribution in [0, 0.1) is 0 Å². The molecule has 0 saturated carbocycles. The highest BCUT2D eigenvalue weighted by Gasteiger charge is 2.06. The van der Waals surface area contributed by atoms with Crippen LogP contribution in [0.5, 0.6) is 0 Å². The molecule has 2 N–H and O–H groups in total. The van der Waals surface area contributed by atoms with Crippen LogP contribution in [0.15, 0.2) is 41.0 Å². The Kier molecular flexibility index (Phi) is 4.59. The van der Waals surface area contributed by atoms with E-state index < -0.39 is 5.97 Å². The maximum atomic E-state index is 10.8. The molecule has 0 radical (unpaired) electrons. The van der Waals surface area contributed by atoms with Gasteiger partial charge in [0.15, 0.2) is 0 Å². The molecule has 98 valence electrons. The Morgan fingerprint density at radius 3 is 2.79 bits per heavy atom. The van der Waals surface area contributed by atoms with Crippen molar-refractivity contribution in [2.45, 2.75) is 13.1 Å². The lowest BCUT2D eigenvalue weighted by Gasteiger charge is -2.07. The van der Waals surface area contributed by atoms with Crippen molar-refractivity contribution in [2.24, 2.45) is 0 Å². The number of aromatic carboxylic acids is 1.